The Labute approximate surface area is 87.3 Å². The van der Waals surface area contributed by atoms with Crippen molar-refractivity contribution >= 4 is 0 Å². The first kappa shape index (κ1) is 9.67. The van der Waals surface area contributed by atoms with Gasteiger partial charge in [-0.2, -0.15) is 0 Å². The Morgan fingerprint density at radius 3 is 2.80 bits per heavy atom. The number of hydrogen-bond acceptors (Lipinski definition) is 4. The number of aryl methyl sites for hydroxylation is 1. The topological polar surface area (TPSA) is 76.8 Å². The fourth-order valence-electron chi connectivity index (χ4n) is 1.14. The minimum atomic E-state index is 0.481. The van der Waals surface area contributed by atoms with E-state index in [2.05, 4.69) is 15.2 Å². The average Bonchev–Trinajstić information content (AvgIpc) is 2.65. The van der Waals surface area contributed by atoms with E-state index in [0.717, 1.165) is 11.3 Å². The van der Waals surface area contributed by atoms with E-state index < -0.39 is 0 Å². The molecule has 0 unspecified atom stereocenters. The summed E-state index contributed by atoms with van der Waals surface area (Å²) in [6, 6.07) is 5.45. The lowest BCUT2D eigenvalue weighted by atomic mass is 10.3. The van der Waals surface area contributed by atoms with E-state index in [4.69, 9.17) is 10.5 Å². The monoisotopic (exact) mass is 204 g/mol. The molecule has 0 radical (unpaired) electrons. The molecule has 0 aliphatic carbocycles. The molecule has 2 aromatic heterocycles. The summed E-state index contributed by atoms with van der Waals surface area (Å²) in [7, 11) is 0. The molecule has 0 saturated carbocycles. The zero-order chi connectivity index (χ0) is 10.7. The molecule has 0 atom stereocenters. The Hall–Kier alpha value is -1.88. The molecule has 0 fully saturated rings. The van der Waals surface area contributed by atoms with Crippen LogP contribution in [0.4, 0.5) is 0 Å². The number of aromatic amines is 1. The number of hydrogen-bond donors (Lipinski definition) is 2. The smallest absolute Gasteiger partial charge is 0.240 e. The van der Waals surface area contributed by atoms with Crippen LogP contribution in [0.5, 0.6) is 11.8 Å². The summed E-state index contributed by atoms with van der Waals surface area (Å²) in [6.07, 6.45) is 1.69. The van der Waals surface area contributed by atoms with Crippen molar-refractivity contribution in [2.24, 2.45) is 5.73 Å². The second-order valence-electron chi connectivity index (χ2n) is 3.20. The van der Waals surface area contributed by atoms with Crippen molar-refractivity contribution in [3.05, 3.63) is 35.7 Å². The second-order valence-corrected chi connectivity index (χ2v) is 3.20. The van der Waals surface area contributed by atoms with Gasteiger partial charge in [0, 0.05) is 30.6 Å². The zero-order valence-electron chi connectivity index (χ0n) is 8.40. The Kier molecular flexibility index (Phi) is 2.64. The van der Waals surface area contributed by atoms with E-state index >= 15 is 0 Å². The number of ether oxygens (including phenoxy) is 1. The summed E-state index contributed by atoms with van der Waals surface area (Å²) in [4.78, 5) is 4.10. The standard InChI is InChI=1S/C10H12N4O/c1-7-4-10(14-13-7)15-9-3-2-8(5-11)6-12-9/h2-4,6H,5,11H2,1H3,(H,13,14). The highest BCUT2D eigenvalue weighted by Crippen LogP contribution is 2.17. The Bertz CT molecular complexity index is 435. The largest absolute Gasteiger partial charge is 0.419 e. The molecule has 0 spiro atoms. The molecule has 5 nitrogen and oxygen atoms in total. The summed E-state index contributed by atoms with van der Waals surface area (Å²) in [5.74, 6) is 1.03. The number of pyridine rings is 1. The van der Waals surface area contributed by atoms with Crippen LogP contribution in [0.15, 0.2) is 24.4 Å². The molecule has 5 heteroatoms. The summed E-state index contributed by atoms with van der Waals surface area (Å²) >= 11 is 0. The highest BCUT2D eigenvalue weighted by molar-refractivity contribution is 5.23. The fourth-order valence-corrected chi connectivity index (χ4v) is 1.14. The van der Waals surface area contributed by atoms with Gasteiger partial charge in [0.15, 0.2) is 0 Å². The summed E-state index contributed by atoms with van der Waals surface area (Å²) < 4.78 is 5.40. The second kappa shape index (κ2) is 4.10. The molecular weight excluding hydrogens is 192 g/mol. The minimum Gasteiger partial charge on any atom is -0.419 e. The third-order valence-electron chi connectivity index (χ3n) is 1.92. The fraction of sp³-hybridized carbons (Fsp3) is 0.200. The first-order valence-corrected chi connectivity index (χ1v) is 4.63. The summed E-state index contributed by atoms with van der Waals surface area (Å²) in [5, 5.41) is 6.73. The maximum absolute atomic E-state index is 5.46. The van der Waals surface area contributed by atoms with Crippen molar-refractivity contribution in [1.82, 2.24) is 15.2 Å². The number of nitrogens with one attached hydrogen (secondary N) is 1. The SMILES string of the molecule is Cc1cc(Oc2ccc(CN)cn2)n[nH]1. The van der Waals surface area contributed by atoms with Gasteiger partial charge >= 0.3 is 0 Å². The van der Waals surface area contributed by atoms with Crippen molar-refractivity contribution in [2.45, 2.75) is 13.5 Å². The quantitative estimate of drug-likeness (QED) is 0.791. The Balaban J connectivity index is 2.11. The molecule has 0 aliphatic rings. The van der Waals surface area contributed by atoms with Crippen molar-refractivity contribution in [2.75, 3.05) is 0 Å². The molecule has 2 aromatic rings. The van der Waals surface area contributed by atoms with Gasteiger partial charge < -0.3 is 10.5 Å². The predicted molar refractivity (Wildman–Crippen MR) is 55.5 cm³/mol. The van der Waals surface area contributed by atoms with Crippen molar-refractivity contribution in [3.8, 4) is 11.8 Å². The van der Waals surface area contributed by atoms with Crippen LogP contribution in [0.3, 0.4) is 0 Å². The molecule has 0 aromatic carbocycles. The molecule has 2 heterocycles. The van der Waals surface area contributed by atoms with E-state index in [1.54, 1.807) is 18.3 Å². The lowest BCUT2D eigenvalue weighted by molar-refractivity contribution is 0.443. The van der Waals surface area contributed by atoms with E-state index in [0.29, 0.717) is 18.3 Å². The molecule has 0 saturated heterocycles. The maximum Gasteiger partial charge on any atom is 0.240 e. The predicted octanol–water partition coefficient (Wildman–Crippen LogP) is 1.36. The third-order valence-corrected chi connectivity index (χ3v) is 1.92. The van der Waals surface area contributed by atoms with Crippen LogP contribution in [0, 0.1) is 6.92 Å². The highest BCUT2D eigenvalue weighted by atomic mass is 16.5. The van der Waals surface area contributed by atoms with Gasteiger partial charge in [0.2, 0.25) is 11.8 Å². The summed E-state index contributed by atoms with van der Waals surface area (Å²) in [6.45, 7) is 2.39. The number of nitrogens with zero attached hydrogens (tertiary/aromatic N) is 2. The Morgan fingerprint density at radius 2 is 2.27 bits per heavy atom. The van der Waals surface area contributed by atoms with Crippen molar-refractivity contribution < 1.29 is 4.74 Å². The van der Waals surface area contributed by atoms with Crippen LogP contribution in [-0.2, 0) is 6.54 Å². The van der Waals surface area contributed by atoms with E-state index in [1.807, 2.05) is 13.0 Å². The van der Waals surface area contributed by atoms with E-state index in [1.165, 1.54) is 0 Å². The number of H-pyrrole nitrogens is 1. The minimum absolute atomic E-state index is 0.481. The van der Waals surface area contributed by atoms with E-state index in [-0.39, 0.29) is 0 Å². The van der Waals surface area contributed by atoms with Crippen LogP contribution >= 0.6 is 0 Å². The molecule has 15 heavy (non-hydrogen) atoms. The molecular formula is C10H12N4O. The van der Waals surface area contributed by atoms with Gasteiger partial charge in [-0.25, -0.2) is 4.98 Å². The molecule has 3 N–H and O–H groups in total. The van der Waals surface area contributed by atoms with Crippen LogP contribution in [0.25, 0.3) is 0 Å². The number of nitrogens with two attached hydrogens (primary N) is 1. The average molecular weight is 204 g/mol. The molecule has 0 aliphatic heterocycles. The third kappa shape index (κ3) is 2.32. The van der Waals surface area contributed by atoms with Gasteiger partial charge in [-0.15, -0.1) is 5.10 Å². The number of aromatic nitrogens is 3. The van der Waals surface area contributed by atoms with Gasteiger partial charge in [0.25, 0.3) is 0 Å². The maximum atomic E-state index is 5.46. The molecule has 0 amide bonds. The summed E-state index contributed by atoms with van der Waals surface area (Å²) in [5.41, 5.74) is 7.38. The van der Waals surface area contributed by atoms with Gasteiger partial charge in [0.1, 0.15) is 0 Å². The normalized spacial score (nSPS) is 10.3. The zero-order valence-corrected chi connectivity index (χ0v) is 8.40. The first-order valence-electron chi connectivity index (χ1n) is 4.63. The van der Waals surface area contributed by atoms with Crippen LogP contribution in [-0.4, -0.2) is 15.2 Å². The van der Waals surface area contributed by atoms with Crippen molar-refractivity contribution in [3.63, 3.8) is 0 Å². The highest BCUT2D eigenvalue weighted by Gasteiger charge is 2.01. The Morgan fingerprint density at radius 1 is 1.40 bits per heavy atom. The molecule has 2 rings (SSSR count). The van der Waals surface area contributed by atoms with Gasteiger partial charge in [0.05, 0.1) is 0 Å². The van der Waals surface area contributed by atoms with E-state index in [9.17, 15) is 0 Å². The van der Waals surface area contributed by atoms with Crippen LogP contribution in [0.2, 0.25) is 0 Å². The lowest BCUT2D eigenvalue weighted by Gasteiger charge is -2.00. The first-order chi connectivity index (χ1) is 7.28. The van der Waals surface area contributed by atoms with Crippen LogP contribution < -0.4 is 10.5 Å². The lowest BCUT2D eigenvalue weighted by Crippen LogP contribution is -1.97. The van der Waals surface area contributed by atoms with Crippen molar-refractivity contribution in [1.29, 1.82) is 0 Å². The van der Waals surface area contributed by atoms with Gasteiger partial charge in [-0.1, -0.05) is 6.07 Å². The van der Waals surface area contributed by atoms with Gasteiger partial charge in [-0.05, 0) is 12.5 Å². The van der Waals surface area contributed by atoms with Gasteiger partial charge in [-0.3, -0.25) is 5.10 Å². The van der Waals surface area contributed by atoms with Crippen LogP contribution in [0.1, 0.15) is 11.3 Å². The molecule has 78 valence electrons. The molecule has 0 bridgehead atoms. The number of rotatable bonds is 3.